The number of aryl methyl sites for hydroxylation is 2. The summed E-state index contributed by atoms with van der Waals surface area (Å²) < 4.78 is 5.16. The maximum absolute atomic E-state index is 12.3. The van der Waals surface area contributed by atoms with E-state index in [4.69, 9.17) is 4.74 Å². The molecular weight excluding hydrogens is 300 g/mol. The third-order valence-electron chi connectivity index (χ3n) is 4.42. The maximum atomic E-state index is 12.3. The van der Waals surface area contributed by atoms with Crippen molar-refractivity contribution in [1.82, 2.24) is 4.98 Å². The SMILES string of the molecule is COc1ccc(C[NH2+]Cc2cc3c(C)ccc(C)c3[nH]c2=O)cc1. The highest BCUT2D eigenvalue weighted by molar-refractivity contribution is 5.85. The molecule has 0 atom stereocenters. The van der Waals surface area contributed by atoms with Crippen molar-refractivity contribution in [3.8, 4) is 5.75 Å². The Labute approximate surface area is 141 Å². The van der Waals surface area contributed by atoms with E-state index in [9.17, 15) is 4.79 Å². The van der Waals surface area contributed by atoms with Crippen LogP contribution in [0, 0.1) is 13.8 Å². The molecule has 0 unspecified atom stereocenters. The lowest BCUT2D eigenvalue weighted by atomic mass is 10.0. The van der Waals surface area contributed by atoms with Gasteiger partial charge in [0.1, 0.15) is 18.8 Å². The van der Waals surface area contributed by atoms with Gasteiger partial charge in [-0.1, -0.05) is 12.1 Å². The number of nitrogens with one attached hydrogen (secondary N) is 1. The van der Waals surface area contributed by atoms with Crippen molar-refractivity contribution >= 4 is 10.9 Å². The Morgan fingerprint density at radius 2 is 1.71 bits per heavy atom. The van der Waals surface area contributed by atoms with Gasteiger partial charge in [0.05, 0.1) is 18.2 Å². The summed E-state index contributed by atoms with van der Waals surface area (Å²) in [6, 6.07) is 14.2. The van der Waals surface area contributed by atoms with Crippen molar-refractivity contribution in [2.45, 2.75) is 26.9 Å². The number of rotatable bonds is 5. The van der Waals surface area contributed by atoms with Gasteiger partial charge in [-0.05, 0) is 55.3 Å². The summed E-state index contributed by atoms with van der Waals surface area (Å²) in [5, 5.41) is 3.27. The van der Waals surface area contributed by atoms with Crippen molar-refractivity contribution < 1.29 is 10.1 Å². The Hall–Kier alpha value is -2.59. The number of aromatic amines is 1. The first-order valence-corrected chi connectivity index (χ1v) is 8.15. The number of fused-ring (bicyclic) bond motifs is 1. The number of aromatic nitrogens is 1. The number of hydrogen-bond donors (Lipinski definition) is 2. The van der Waals surface area contributed by atoms with Gasteiger partial charge in [0.15, 0.2) is 0 Å². The molecular formula is C20H23N2O2+. The topological polar surface area (TPSA) is 58.7 Å². The highest BCUT2D eigenvalue weighted by atomic mass is 16.5. The van der Waals surface area contributed by atoms with Crippen LogP contribution < -0.4 is 15.6 Å². The Kier molecular flexibility index (Phi) is 4.67. The second-order valence-electron chi connectivity index (χ2n) is 6.16. The van der Waals surface area contributed by atoms with Gasteiger partial charge < -0.3 is 15.0 Å². The Bertz CT molecular complexity index is 911. The van der Waals surface area contributed by atoms with Crippen LogP contribution in [0.4, 0.5) is 0 Å². The molecule has 0 spiro atoms. The smallest absolute Gasteiger partial charge is 0.257 e. The molecule has 2 aromatic carbocycles. The molecule has 0 bridgehead atoms. The van der Waals surface area contributed by atoms with E-state index < -0.39 is 0 Å². The van der Waals surface area contributed by atoms with Crippen molar-refractivity contribution in [3.63, 3.8) is 0 Å². The number of H-pyrrole nitrogens is 1. The molecule has 124 valence electrons. The third-order valence-corrected chi connectivity index (χ3v) is 4.42. The van der Waals surface area contributed by atoms with Gasteiger partial charge in [-0.25, -0.2) is 0 Å². The minimum Gasteiger partial charge on any atom is -0.497 e. The molecule has 3 N–H and O–H groups in total. The van der Waals surface area contributed by atoms with Crippen LogP contribution in [0.15, 0.2) is 47.3 Å². The summed E-state index contributed by atoms with van der Waals surface area (Å²) in [5.41, 5.74) is 5.25. The van der Waals surface area contributed by atoms with Gasteiger partial charge in [-0.3, -0.25) is 4.79 Å². The molecule has 0 aliphatic heterocycles. The summed E-state index contributed by atoms with van der Waals surface area (Å²) >= 11 is 0. The molecule has 0 aliphatic carbocycles. The molecule has 3 aromatic rings. The number of ether oxygens (including phenoxy) is 1. The summed E-state index contributed by atoms with van der Waals surface area (Å²) in [6.07, 6.45) is 0. The van der Waals surface area contributed by atoms with Gasteiger partial charge >= 0.3 is 0 Å². The number of pyridine rings is 1. The molecule has 4 heteroatoms. The molecule has 24 heavy (non-hydrogen) atoms. The second-order valence-corrected chi connectivity index (χ2v) is 6.16. The van der Waals surface area contributed by atoms with Crippen molar-refractivity contribution in [3.05, 3.63) is 75.1 Å². The number of hydrogen-bond acceptors (Lipinski definition) is 2. The Balaban J connectivity index is 1.76. The van der Waals surface area contributed by atoms with Crippen LogP contribution in [0.3, 0.4) is 0 Å². The zero-order valence-electron chi connectivity index (χ0n) is 14.3. The largest absolute Gasteiger partial charge is 0.497 e. The summed E-state index contributed by atoms with van der Waals surface area (Å²) in [7, 11) is 1.66. The fourth-order valence-electron chi connectivity index (χ4n) is 2.93. The average Bonchev–Trinajstić information content (AvgIpc) is 2.60. The number of benzene rings is 2. The number of quaternary nitrogens is 1. The quantitative estimate of drug-likeness (QED) is 0.757. The predicted octanol–water partition coefficient (Wildman–Crippen LogP) is 2.42. The van der Waals surface area contributed by atoms with E-state index in [0.717, 1.165) is 34.3 Å². The fourth-order valence-corrected chi connectivity index (χ4v) is 2.93. The van der Waals surface area contributed by atoms with Crippen LogP contribution in [-0.4, -0.2) is 12.1 Å². The molecule has 0 amide bonds. The summed E-state index contributed by atoms with van der Waals surface area (Å²) in [4.78, 5) is 15.4. The lowest BCUT2D eigenvalue weighted by Gasteiger charge is -2.08. The van der Waals surface area contributed by atoms with Gasteiger partial charge in [0.2, 0.25) is 0 Å². The van der Waals surface area contributed by atoms with E-state index >= 15 is 0 Å². The van der Waals surface area contributed by atoms with Crippen LogP contribution in [0.1, 0.15) is 22.3 Å². The zero-order chi connectivity index (χ0) is 17.1. The van der Waals surface area contributed by atoms with Crippen LogP contribution in [0.25, 0.3) is 10.9 Å². The van der Waals surface area contributed by atoms with E-state index in [-0.39, 0.29) is 5.56 Å². The first-order chi connectivity index (χ1) is 11.6. The molecule has 1 aromatic heterocycles. The second kappa shape index (κ2) is 6.89. The fraction of sp³-hybridized carbons (Fsp3) is 0.250. The molecule has 0 radical (unpaired) electrons. The summed E-state index contributed by atoms with van der Waals surface area (Å²) in [6.45, 7) is 5.58. The van der Waals surface area contributed by atoms with Crippen molar-refractivity contribution in [1.29, 1.82) is 0 Å². The summed E-state index contributed by atoms with van der Waals surface area (Å²) in [5.74, 6) is 0.857. The van der Waals surface area contributed by atoms with Crippen molar-refractivity contribution in [2.24, 2.45) is 0 Å². The number of nitrogens with two attached hydrogens (primary N) is 1. The molecule has 0 saturated heterocycles. The molecule has 0 saturated carbocycles. The van der Waals surface area contributed by atoms with Crippen LogP contribution in [0.5, 0.6) is 5.75 Å². The van der Waals surface area contributed by atoms with E-state index in [0.29, 0.717) is 6.54 Å². The molecule has 4 nitrogen and oxygen atoms in total. The van der Waals surface area contributed by atoms with E-state index in [1.165, 1.54) is 11.1 Å². The Morgan fingerprint density at radius 3 is 2.42 bits per heavy atom. The monoisotopic (exact) mass is 323 g/mol. The van der Waals surface area contributed by atoms with Crippen molar-refractivity contribution in [2.75, 3.05) is 7.11 Å². The first kappa shape index (κ1) is 16.3. The number of methoxy groups -OCH3 is 1. The van der Waals surface area contributed by atoms with E-state index in [2.05, 4.69) is 23.3 Å². The van der Waals surface area contributed by atoms with Gasteiger partial charge in [-0.15, -0.1) is 0 Å². The van der Waals surface area contributed by atoms with Gasteiger partial charge in [0, 0.05) is 10.9 Å². The van der Waals surface area contributed by atoms with E-state index in [1.807, 2.05) is 43.3 Å². The minimum atomic E-state index is 0.00202. The van der Waals surface area contributed by atoms with Gasteiger partial charge in [0.25, 0.3) is 5.56 Å². The average molecular weight is 323 g/mol. The first-order valence-electron chi connectivity index (χ1n) is 8.15. The molecule has 0 aliphatic rings. The predicted molar refractivity (Wildman–Crippen MR) is 96.4 cm³/mol. The molecule has 1 heterocycles. The van der Waals surface area contributed by atoms with Gasteiger partial charge in [-0.2, -0.15) is 0 Å². The van der Waals surface area contributed by atoms with Crippen LogP contribution in [0.2, 0.25) is 0 Å². The minimum absolute atomic E-state index is 0.00202. The molecule has 3 rings (SSSR count). The maximum Gasteiger partial charge on any atom is 0.257 e. The van der Waals surface area contributed by atoms with E-state index in [1.54, 1.807) is 7.11 Å². The lowest BCUT2D eigenvalue weighted by Crippen LogP contribution is -2.81. The lowest BCUT2D eigenvalue weighted by molar-refractivity contribution is -0.686. The third kappa shape index (κ3) is 3.34. The Morgan fingerprint density at radius 1 is 1.00 bits per heavy atom. The standard InChI is InChI=1S/C20H22N2O2/c1-13-4-5-14(2)19-18(13)10-16(20(23)22-19)12-21-11-15-6-8-17(24-3)9-7-15/h4-10,21H,11-12H2,1-3H3,(H,22,23)/p+1. The highest BCUT2D eigenvalue weighted by Gasteiger charge is 2.08. The van der Waals surface area contributed by atoms with Crippen LogP contribution >= 0.6 is 0 Å². The zero-order valence-corrected chi connectivity index (χ0v) is 14.3. The molecule has 0 fully saturated rings. The highest BCUT2D eigenvalue weighted by Crippen LogP contribution is 2.19. The normalized spacial score (nSPS) is 11.0. The van der Waals surface area contributed by atoms with Crippen LogP contribution in [-0.2, 0) is 13.1 Å².